The Morgan fingerprint density at radius 2 is 2.12 bits per heavy atom. The van der Waals surface area contributed by atoms with E-state index in [0.717, 1.165) is 12.8 Å². The van der Waals surface area contributed by atoms with E-state index >= 15 is 0 Å². The van der Waals surface area contributed by atoms with Gasteiger partial charge in [-0.15, -0.1) is 0 Å². The van der Waals surface area contributed by atoms with Crippen LogP contribution in [0.1, 0.15) is 26.7 Å². The van der Waals surface area contributed by atoms with Crippen LogP contribution in [-0.4, -0.2) is 0 Å². The average Bonchev–Trinajstić information content (AvgIpc) is 1.83. The van der Waals surface area contributed by atoms with Crippen LogP contribution >= 0.6 is 0 Å². The molecule has 0 aromatic heterocycles. The number of hydrogen-bond acceptors (Lipinski definition) is 0. The minimum atomic E-state index is 0.715. The highest BCUT2D eigenvalue weighted by molar-refractivity contribution is 5.11. The van der Waals surface area contributed by atoms with Crippen LogP contribution in [0.25, 0.3) is 0 Å². The van der Waals surface area contributed by atoms with Crippen molar-refractivity contribution in [3.63, 3.8) is 0 Å². The van der Waals surface area contributed by atoms with Crippen molar-refractivity contribution in [2.45, 2.75) is 26.7 Å². The van der Waals surface area contributed by atoms with Crippen LogP contribution in [0, 0.1) is 6.58 Å². The molecule has 0 heteroatoms. The van der Waals surface area contributed by atoms with Crippen molar-refractivity contribution in [1.82, 2.24) is 0 Å². The summed E-state index contributed by atoms with van der Waals surface area (Å²) in [4.78, 5) is 0. The molecule has 0 atom stereocenters. The molecule has 0 aliphatic carbocycles. The van der Waals surface area contributed by atoms with Crippen molar-refractivity contribution in [2.75, 3.05) is 0 Å². The molecule has 0 heterocycles. The van der Waals surface area contributed by atoms with Crippen molar-refractivity contribution in [2.24, 2.45) is 0 Å². The average molecular weight is 108 g/mol. The quantitative estimate of drug-likeness (QED) is 0.487. The van der Waals surface area contributed by atoms with Gasteiger partial charge in [0.1, 0.15) is 0 Å². The third kappa shape index (κ3) is 3.66. The monoisotopic (exact) mass is 108 g/mol. The molecule has 0 saturated carbocycles. The van der Waals surface area contributed by atoms with Gasteiger partial charge in [-0.2, -0.15) is 0 Å². The molecule has 0 aliphatic rings. The van der Waals surface area contributed by atoms with Gasteiger partial charge in [0.15, 0.2) is 0 Å². The lowest BCUT2D eigenvalue weighted by molar-refractivity contribution is 1.14. The van der Waals surface area contributed by atoms with Gasteiger partial charge in [-0.3, -0.25) is 0 Å². The number of allylic oxidation sites excluding steroid dienone is 3. The van der Waals surface area contributed by atoms with Gasteiger partial charge in [-0.25, -0.2) is 0 Å². The summed E-state index contributed by atoms with van der Waals surface area (Å²) in [7, 11) is 0. The van der Waals surface area contributed by atoms with Crippen LogP contribution in [0.15, 0.2) is 17.7 Å². The number of rotatable bonds is 3. The van der Waals surface area contributed by atoms with E-state index < -0.39 is 0 Å². The molecule has 0 N–H and O–H groups in total. The second kappa shape index (κ2) is 4.63. The summed E-state index contributed by atoms with van der Waals surface area (Å²) in [5, 5.41) is 0. The third-order valence-electron chi connectivity index (χ3n) is 0.936. The Morgan fingerprint density at radius 1 is 1.50 bits per heavy atom. The first-order chi connectivity index (χ1) is 3.81. The van der Waals surface area contributed by atoms with Gasteiger partial charge in [0.25, 0.3) is 0 Å². The zero-order valence-corrected chi connectivity index (χ0v) is 5.57. The molecule has 0 nitrogen and oxygen atoms in total. The fourth-order valence-corrected chi connectivity index (χ4v) is 0.378. The SMILES string of the molecule is [C]=C(C=CCC)CC. The van der Waals surface area contributed by atoms with Gasteiger partial charge in [0.05, 0.1) is 0 Å². The van der Waals surface area contributed by atoms with Crippen molar-refractivity contribution in [3.8, 4) is 0 Å². The minimum Gasteiger partial charge on any atom is -0.0845 e. The van der Waals surface area contributed by atoms with E-state index in [1.807, 2.05) is 19.1 Å². The minimum absolute atomic E-state index is 0.715. The van der Waals surface area contributed by atoms with Gasteiger partial charge < -0.3 is 0 Å². The molecule has 0 rings (SSSR count). The van der Waals surface area contributed by atoms with Crippen LogP contribution in [0.4, 0.5) is 0 Å². The second-order valence-electron chi connectivity index (χ2n) is 1.69. The summed E-state index contributed by atoms with van der Waals surface area (Å²) < 4.78 is 0. The molecule has 0 saturated heterocycles. The van der Waals surface area contributed by atoms with Crippen molar-refractivity contribution in [3.05, 3.63) is 24.3 Å². The first kappa shape index (κ1) is 7.48. The maximum Gasteiger partial charge on any atom is -0.00613 e. The molecular formula is C8H12. The zero-order chi connectivity index (χ0) is 6.41. The molecule has 0 unspecified atom stereocenters. The second-order valence-corrected chi connectivity index (χ2v) is 1.69. The predicted molar refractivity (Wildman–Crippen MR) is 36.5 cm³/mol. The van der Waals surface area contributed by atoms with Crippen molar-refractivity contribution < 1.29 is 0 Å². The molecule has 2 radical (unpaired) electrons. The first-order valence-electron chi connectivity index (χ1n) is 3.05. The van der Waals surface area contributed by atoms with E-state index in [1.165, 1.54) is 0 Å². The fourth-order valence-electron chi connectivity index (χ4n) is 0.378. The summed E-state index contributed by atoms with van der Waals surface area (Å²) in [6.45, 7) is 11.2. The highest BCUT2D eigenvalue weighted by Crippen LogP contribution is 1.97. The molecule has 0 amide bonds. The smallest absolute Gasteiger partial charge is 0.00613 e. The molecule has 0 spiro atoms. The summed E-state index contributed by atoms with van der Waals surface area (Å²) in [5.74, 6) is 0. The standard InChI is InChI=1S/C8H12/c1-4-6-7-8(3)5-2/h6-7H,4-5H2,1-2H3. The third-order valence-corrected chi connectivity index (χ3v) is 0.936. The number of hydrogen-bond donors (Lipinski definition) is 0. The van der Waals surface area contributed by atoms with E-state index in [1.54, 1.807) is 0 Å². The highest BCUT2D eigenvalue weighted by atomic mass is 13.8. The van der Waals surface area contributed by atoms with Gasteiger partial charge >= 0.3 is 0 Å². The molecule has 0 bridgehead atoms. The Bertz CT molecular complexity index is 88.2. The Hall–Kier alpha value is -0.520. The maximum atomic E-state index is 7.15. The van der Waals surface area contributed by atoms with Crippen molar-refractivity contribution >= 4 is 0 Å². The van der Waals surface area contributed by atoms with E-state index in [2.05, 4.69) is 6.92 Å². The lowest BCUT2D eigenvalue weighted by Gasteiger charge is -1.86. The Balaban J connectivity index is 3.37. The Labute approximate surface area is 51.9 Å². The summed E-state index contributed by atoms with van der Waals surface area (Å²) in [6.07, 6.45) is 5.74. The van der Waals surface area contributed by atoms with E-state index in [-0.39, 0.29) is 0 Å². The first-order valence-corrected chi connectivity index (χ1v) is 3.05. The molecule has 44 valence electrons. The van der Waals surface area contributed by atoms with Gasteiger partial charge in [0.2, 0.25) is 0 Å². The summed E-state index contributed by atoms with van der Waals surface area (Å²) in [5.41, 5.74) is 0.715. The van der Waals surface area contributed by atoms with E-state index in [0.29, 0.717) is 5.57 Å². The van der Waals surface area contributed by atoms with Crippen LogP contribution in [0.5, 0.6) is 0 Å². The van der Waals surface area contributed by atoms with Gasteiger partial charge in [-0.1, -0.05) is 26.0 Å². The van der Waals surface area contributed by atoms with Crippen LogP contribution in [-0.2, 0) is 0 Å². The Kier molecular flexibility index (Phi) is 4.33. The summed E-state index contributed by atoms with van der Waals surface area (Å²) >= 11 is 0. The lowest BCUT2D eigenvalue weighted by atomic mass is 10.2. The molecular weight excluding hydrogens is 96.1 g/mol. The zero-order valence-electron chi connectivity index (χ0n) is 5.57. The van der Waals surface area contributed by atoms with Crippen LogP contribution < -0.4 is 0 Å². The normalized spacial score (nSPS) is 10.2. The van der Waals surface area contributed by atoms with Crippen LogP contribution in [0.3, 0.4) is 0 Å². The molecule has 0 aliphatic heterocycles. The highest BCUT2D eigenvalue weighted by Gasteiger charge is 1.77. The van der Waals surface area contributed by atoms with E-state index in [9.17, 15) is 0 Å². The molecule has 0 aromatic rings. The van der Waals surface area contributed by atoms with E-state index in [4.69, 9.17) is 6.58 Å². The topological polar surface area (TPSA) is 0 Å². The maximum absolute atomic E-state index is 7.15. The molecule has 0 fully saturated rings. The summed E-state index contributed by atoms with van der Waals surface area (Å²) in [6, 6.07) is 0. The molecule has 8 heavy (non-hydrogen) atoms. The fraction of sp³-hybridized carbons (Fsp3) is 0.500. The Morgan fingerprint density at radius 3 is 2.50 bits per heavy atom. The largest absolute Gasteiger partial charge is 0.0845 e. The predicted octanol–water partition coefficient (Wildman–Crippen LogP) is 2.60. The lowest BCUT2D eigenvalue weighted by Crippen LogP contribution is -1.67. The van der Waals surface area contributed by atoms with Gasteiger partial charge in [0, 0.05) is 0 Å². The van der Waals surface area contributed by atoms with Gasteiger partial charge in [-0.05, 0) is 25.0 Å². The molecule has 0 aromatic carbocycles. The van der Waals surface area contributed by atoms with Crippen LogP contribution in [0.2, 0.25) is 0 Å². The van der Waals surface area contributed by atoms with Crippen molar-refractivity contribution in [1.29, 1.82) is 0 Å².